The minimum Gasteiger partial charge on any atom is -0.332 e. The van der Waals surface area contributed by atoms with Crippen LogP contribution in [0.2, 0.25) is 0 Å². The van der Waals surface area contributed by atoms with E-state index in [2.05, 4.69) is 52.5 Å². The van der Waals surface area contributed by atoms with Crippen molar-refractivity contribution in [2.24, 2.45) is 0 Å². The molecule has 2 heterocycles. The molecule has 5 nitrogen and oxygen atoms in total. The van der Waals surface area contributed by atoms with Crippen molar-refractivity contribution < 1.29 is 4.79 Å². The van der Waals surface area contributed by atoms with E-state index in [1.807, 2.05) is 17.2 Å². The lowest BCUT2D eigenvalue weighted by Gasteiger charge is -2.35. The number of rotatable bonds is 5. The molecule has 2 fully saturated rings. The molecule has 1 aliphatic carbocycles. The molecule has 0 bridgehead atoms. The lowest BCUT2D eigenvalue weighted by molar-refractivity contribution is 0.132. The van der Waals surface area contributed by atoms with Crippen LogP contribution in [0.3, 0.4) is 0 Å². The van der Waals surface area contributed by atoms with Crippen molar-refractivity contribution >= 4 is 6.03 Å². The van der Waals surface area contributed by atoms with Crippen LogP contribution in [-0.4, -0.2) is 52.5 Å². The molecule has 2 aromatic rings. The summed E-state index contributed by atoms with van der Waals surface area (Å²) in [6.45, 7) is 6.40. The fourth-order valence-corrected chi connectivity index (χ4v) is 3.76. The number of benzene rings is 1. The monoisotopic (exact) mass is 364 g/mol. The molecular weight excluding hydrogens is 336 g/mol. The Morgan fingerprint density at radius 2 is 1.81 bits per heavy atom. The first kappa shape index (κ1) is 18.0. The smallest absolute Gasteiger partial charge is 0.317 e. The van der Waals surface area contributed by atoms with Crippen LogP contribution >= 0.6 is 0 Å². The van der Waals surface area contributed by atoms with Gasteiger partial charge in [0.1, 0.15) is 0 Å². The van der Waals surface area contributed by atoms with E-state index in [0.717, 1.165) is 52.0 Å². The molecule has 1 N–H and O–H groups in total. The highest BCUT2D eigenvalue weighted by Crippen LogP contribution is 2.38. The van der Waals surface area contributed by atoms with Crippen molar-refractivity contribution in [3.63, 3.8) is 0 Å². The predicted molar refractivity (Wildman–Crippen MR) is 106 cm³/mol. The van der Waals surface area contributed by atoms with Crippen molar-refractivity contribution in [3.8, 4) is 0 Å². The summed E-state index contributed by atoms with van der Waals surface area (Å²) in [5.41, 5.74) is 3.78. The Morgan fingerprint density at radius 3 is 2.44 bits per heavy atom. The van der Waals surface area contributed by atoms with E-state index in [1.54, 1.807) is 6.20 Å². The van der Waals surface area contributed by atoms with Crippen LogP contribution in [-0.2, 0) is 13.0 Å². The van der Waals surface area contributed by atoms with Crippen LogP contribution in [0, 0.1) is 6.92 Å². The fraction of sp³-hybridized carbons (Fsp3) is 0.455. The summed E-state index contributed by atoms with van der Waals surface area (Å²) in [5, 5.41) is 3.32. The van der Waals surface area contributed by atoms with Crippen molar-refractivity contribution in [3.05, 3.63) is 65.5 Å². The molecule has 5 heteroatoms. The highest BCUT2D eigenvalue weighted by atomic mass is 16.2. The van der Waals surface area contributed by atoms with Crippen molar-refractivity contribution in [2.75, 3.05) is 26.2 Å². The molecule has 142 valence electrons. The largest absolute Gasteiger partial charge is 0.332 e. The minimum absolute atomic E-state index is 0.0286. The van der Waals surface area contributed by atoms with Gasteiger partial charge < -0.3 is 10.2 Å². The Morgan fingerprint density at radius 1 is 1.07 bits per heavy atom. The second kappa shape index (κ2) is 7.69. The number of carbonyl (C=O) groups is 1. The third kappa shape index (κ3) is 4.66. The van der Waals surface area contributed by atoms with E-state index in [-0.39, 0.29) is 11.6 Å². The van der Waals surface area contributed by atoms with Crippen LogP contribution in [0.15, 0.2) is 48.8 Å². The number of hydrogen-bond donors (Lipinski definition) is 1. The van der Waals surface area contributed by atoms with Gasteiger partial charge >= 0.3 is 6.03 Å². The van der Waals surface area contributed by atoms with Gasteiger partial charge in [0, 0.05) is 50.7 Å². The molecule has 0 atom stereocenters. The summed E-state index contributed by atoms with van der Waals surface area (Å²) in [4.78, 5) is 21.3. The number of amides is 2. The summed E-state index contributed by atoms with van der Waals surface area (Å²) < 4.78 is 0. The zero-order valence-electron chi connectivity index (χ0n) is 16.0. The minimum atomic E-state index is -0.0286. The molecule has 1 aliphatic heterocycles. The van der Waals surface area contributed by atoms with Crippen LogP contribution in [0.1, 0.15) is 29.5 Å². The Kier molecular flexibility index (Phi) is 5.12. The van der Waals surface area contributed by atoms with Gasteiger partial charge in [0.2, 0.25) is 0 Å². The third-order valence-electron chi connectivity index (χ3n) is 5.68. The van der Waals surface area contributed by atoms with Gasteiger partial charge in [-0.1, -0.05) is 35.9 Å². The quantitative estimate of drug-likeness (QED) is 0.887. The summed E-state index contributed by atoms with van der Waals surface area (Å²) in [7, 11) is 0. The van der Waals surface area contributed by atoms with Gasteiger partial charge in [-0.05, 0) is 43.4 Å². The first-order chi connectivity index (χ1) is 13.1. The molecular formula is C22H28N4O. The third-order valence-corrected chi connectivity index (χ3v) is 5.68. The van der Waals surface area contributed by atoms with E-state index >= 15 is 0 Å². The lowest BCUT2D eigenvalue weighted by atomic mass is 10.0. The van der Waals surface area contributed by atoms with Gasteiger partial charge in [-0.25, -0.2) is 4.79 Å². The molecule has 1 aromatic heterocycles. The Hall–Kier alpha value is -2.40. The molecule has 0 spiro atoms. The predicted octanol–water partition coefficient (Wildman–Crippen LogP) is 2.99. The van der Waals surface area contributed by atoms with Gasteiger partial charge in [-0.2, -0.15) is 0 Å². The van der Waals surface area contributed by atoms with E-state index in [0.29, 0.717) is 0 Å². The maximum Gasteiger partial charge on any atom is 0.317 e. The van der Waals surface area contributed by atoms with Crippen LogP contribution < -0.4 is 5.32 Å². The number of urea groups is 1. The molecule has 0 radical (unpaired) electrons. The Labute approximate surface area is 161 Å². The molecule has 1 aromatic carbocycles. The van der Waals surface area contributed by atoms with Crippen LogP contribution in [0.4, 0.5) is 4.79 Å². The van der Waals surface area contributed by atoms with E-state index in [4.69, 9.17) is 0 Å². The van der Waals surface area contributed by atoms with Gasteiger partial charge in [0.25, 0.3) is 0 Å². The van der Waals surface area contributed by atoms with E-state index in [1.165, 1.54) is 16.7 Å². The summed E-state index contributed by atoms with van der Waals surface area (Å²) >= 11 is 0. The number of piperazine rings is 1. The molecule has 27 heavy (non-hydrogen) atoms. The number of carbonyl (C=O) groups excluding carboxylic acids is 1. The summed E-state index contributed by atoms with van der Waals surface area (Å²) in [6, 6.07) is 12.8. The number of nitrogens with zero attached hydrogens (tertiary/aromatic N) is 3. The maximum atomic E-state index is 12.7. The zero-order chi connectivity index (χ0) is 18.7. The maximum absolute atomic E-state index is 12.7. The van der Waals surface area contributed by atoms with Gasteiger partial charge in [-0.15, -0.1) is 0 Å². The van der Waals surface area contributed by atoms with E-state index in [9.17, 15) is 4.79 Å². The zero-order valence-corrected chi connectivity index (χ0v) is 16.0. The second-order valence-electron chi connectivity index (χ2n) is 8.00. The Balaban J connectivity index is 1.26. The van der Waals surface area contributed by atoms with Gasteiger partial charge in [-0.3, -0.25) is 9.88 Å². The van der Waals surface area contributed by atoms with Crippen molar-refractivity contribution in [1.82, 2.24) is 20.1 Å². The molecule has 4 rings (SSSR count). The number of hydrogen-bond acceptors (Lipinski definition) is 3. The fourth-order valence-electron chi connectivity index (χ4n) is 3.76. The van der Waals surface area contributed by atoms with Crippen LogP contribution in [0.5, 0.6) is 0 Å². The highest BCUT2D eigenvalue weighted by Gasteiger charge is 2.44. The number of pyridine rings is 1. The average Bonchev–Trinajstić information content (AvgIpc) is 3.44. The standard InChI is InChI=1S/C22H28N4O/c1-18-4-6-19(7-5-18)15-22(8-9-22)24-21(27)26-13-11-25(12-14-26)17-20-3-2-10-23-16-20/h2-7,10,16H,8-9,11-15,17H2,1H3,(H,24,27). The van der Waals surface area contributed by atoms with Gasteiger partial charge in [0.05, 0.1) is 0 Å². The number of aryl methyl sites for hydroxylation is 1. The summed E-state index contributed by atoms with van der Waals surface area (Å²) in [5.74, 6) is 0. The Bertz CT molecular complexity index is 763. The molecule has 2 amide bonds. The van der Waals surface area contributed by atoms with Crippen molar-refractivity contribution in [1.29, 1.82) is 0 Å². The first-order valence-electron chi connectivity index (χ1n) is 9.86. The number of nitrogens with one attached hydrogen (secondary N) is 1. The SMILES string of the molecule is Cc1ccc(CC2(NC(=O)N3CCN(Cc4cccnc4)CC3)CC2)cc1. The molecule has 1 saturated heterocycles. The molecule has 0 unspecified atom stereocenters. The topological polar surface area (TPSA) is 48.5 Å². The normalized spacial score (nSPS) is 18.9. The first-order valence-corrected chi connectivity index (χ1v) is 9.86. The molecule has 2 aliphatic rings. The summed E-state index contributed by atoms with van der Waals surface area (Å²) in [6.07, 6.45) is 6.80. The lowest BCUT2D eigenvalue weighted by Crippen LogP contribution is -2.54. The van der Waals surface area contributed by atoms with Gasteiger partial charge in [0.15, 0.2) is 0 Å². The average molecular weight is 364 g/mol. The van der Waals surface area contributed by atoms with Crippen LogP contribution in [0.25, 0.3) is 0 Å². The second-order valence-corrected chi connectivity index (χ2v) is 8.00. The van der Waals surface area contributed by atoms with Crippen molar-refractivity contribution in [2.45, 2.75) is 38.3 Å². The molecule has 1 saturated carbocycles. The van der Waals surface area contributed by atoms with E-state index < -0.39 is 0 Å². The number of aromatic nitrogens is 1. The highest BCUT2D eigenvalue weighted by molar-refractivity contribution is 5.75.